The molecule has 6 nitrogen and oxygen atoms in total. The summed E-state index contributed by atoms with van der Waals surface area (Å²) in [5, 5.41) is 9.01. The Bertz CT molecular complexity index is 1240. The van der Waals surface area contributed by atoms with E-state index in [1.165, 1.54) is 36.4 Å². The summed E-state index contributed by atoms with van der Waals surface area (Å²) < 4.78 is 73.5. The highest BCUT2D eigenvalue weighted by atomic mass is 32.2. The average Bonchev–Trinajstić information content (AvgIpc) is 2.81. The van der Waals surface area contributed by atoms with Crippen LogP contribution in [0.3, 0.4) is 0 Å². The van der Waals surface area contributed by atoms with Crippen LogP contribution >= 0.6 is 0 Å². The lowest BCUT2D eigenvalue weighted by Gasteiger charge is -2.27. The van der Waals surface area contributed by atoms with E-state index >= 15 is 0 Å². The molecule has 3 aromatic rings. The minimum absolute atomic E-state index is 0.00134. The van der Waals surface area contributed by atoms with E-state index in [0.29, 0.717) is 12.0 Å². The zero-order chi connectivity index (χ0) is 24.9. The lowest BCUT2D eigenvalue weighted by Crippen LogP contribution is -2.32. The van der Waals surface area contributed by atoms with Gasteiger partial charge in [-0.15, -0.1) is 0 Å². The fraction of sp³-hybridized carbons (Fsp3) is 0.208. The molecule has 0 saturated heterocycles. The topological polar surface area (TPSA) is 83.9 Å². The Kier molecular flexibility index (Phi) is 7.51. The largest absolute Gasteiger partial charge is 0.487 e. The molecule has 0 aromatic heterocycles. The van der Waals surface area contributed by atoms with Gasteiger partial charge in [-0.3, -0.25) is 4.31 Å². The third kappa shape index (κ3) is 5.69. The van der Waals surface area contributed by atoms with Crippen molar-refractivity contribution in [2.75, 3.05) is 10.8 Å². The number of sulfonamides is 1. The number of carboxylic acids is 1. The standard InChI is InChI=1S/C24H22F3NO5S/c1-2-14-28(34(31,32)20-6-4-3-5-7-20)21-13-12-19(24(25,26)27)15-22(21)33-16-17-8-10-18(11-9-17)23(29)30/h3-13,15H,2,14,16H2,1H3,(H,29,30). The van der Waals surface area contributed by atoms with Crippen LogP contribution in [0.15, 0.2) is 77.7 Å². The zero-order valence-electron chi connectivity index (χ0n) is 18.1. The molecule has 1 N–H and O–H groups in total. The van der Waals surface area contributed by atoms with Crippen molar-refractivity contribution in [3.8, 4) is 5.75 Å². The minimum atomic E-state index is -4.66. The number of rotatable bonds is 9. The Balaban J connectivity index is 2.03. The summed E-state index contributed by atoms with van der Waals surface area (Å²) in [7, 11) is -4.08. The van der Waals surface area contributed by atoms with Crippen molar-refractivity contribution in [2.45, 2.75) is 31.0 Å². The highest BCUT2D eigenvalue weighted by Gasteiger charge is 2.33. The van der Waals surface area contributed by atoms with E-state index in [1.54, 1.807) is 25.1 Å². The van der Waals surface area contributed by atoms with Crippen LogP contribution in [0.4, 0.5) is 18.9 Å². The van der Waals surface area contributed by atoms with Gasteiger partial charge >= 0.3 is 12.1 Å². The highest BCUT2D eigenvalue weighted by molar-refractivity contribution is 7.92. The fourth-order valence-electron chi connectivity index (χ4n) is 3.21. The maximum absolute atomic E-state index is 13.4. The first-order valence-corrected chi connectivity index (χ1v) is 11.7. The summed E-state index contributed by atoms with van der Waals surface area (Å²) in [6.45, 7) is 1.58. The lowest BCUT2D eigenvalue weighted by atomic mass is 10.1. The predicted molar refractivity (Wildman–Crippen MR) is 120 cm³/mol. The SMILES string of the molecule is CCCN(c1ccc(C(F)(F)F)cc1OCc1ccc(C(=O)O)cc1)S(=O)(=O)c1ccccc1. The minimum Gasteiger partial charge on any atom is -0.487 e. The smallest absolute Gasteiger partial charge is 0.416 e. The van der Waals surface area contributed by atoms with Crippen molar-refractivity contribution in [2.24, 2.45) is 0 Å². The molecule has 0 spiro atoms. The molecule has 3 aromatic carbocycles. The second kappa shape index (κ2) is 10.2. The van der Waals surface area contributed by atoms with Crippen LogP contribution in [-0.4, -0.2) is 26.0 Å². The molecule has 3 rings (SSSR count). The second-order valence-corrected chi connectivity index (χ2v) is 9.22. The lowest BCUT2D eigenvalue weighted by molar-refractivity contribution is -0.137. The van der Waals surface area contributed by atoms with E-state index in [1.807, 2.05) is 0 Å². The van der Waals surface area contributed by atoms with Gasteiger partial charge in [-0.25, -0.2) is 13.2 Å². The number of aromatic carboxylic acids is 1. The van der Waals surface area contributed by atoms with Crippen LogP contribution in [0.2, 0.25) is 0 Å². The van der Waals surface area contributed by atoms with Crippen LogP contribution in [0.5, 0.6) is 5.75 Å². The Morgan fingerprint density at radius 1 is 1.00 bits per heavy atom. The molecule has 10 heteroatoms. The fourth-order valence-corrected chi connectivity index (χ4v) is 4.80. The van der Waals surface area contributed by atoms with Crippen LogP contribution in [0.1, 0.15) is 34.8 Å². The maximum Gasteiger partial charge on any atom is 0.416 e. The van der Waals surface area contributed by atoms with Crippen molar-refractivity contribution in [1.29, 1.82) is 0 Å². The molecule has 0 fully saturated rings. The maximum atomic E-state index is 13.4. The molecule has 0 radical (unpaired) electrons. The van der Waals surface area contributed by atoms with Gasteiger partial charge in [0.1, 0.15) is 12.4 Å². The van der Waals surface area contributed by atoms with Gasteiger partial charge < -0.3 is 9.84 Å². The molecule has 0 heterocycles. The highest BCUT2D eigenvalue weighted by Crippen LogP contribution is 2.39. The van der Waals surface area contributed by atoms with Crippen molar-refractivity contribution >= 4 is 21.7 Å². The number of benzene rings is 3. The molecule has 0 bridgehead atoms. The summed E-state index contributed by atoms with van der Waals surface area (Å²) in [5.41, 5.74) is -0.463. The molecule has 0 aliphatic heterocycles. The zero-order valence-corrected chi connectivity index (χ0v) is 18.9. The molecule has 180 valence electrons. The molecular formula is C24H22F3NO5S. The van der Waals surface area contributed by atoms with Crippen LogP contribution in [0.25, 0.3) is 0 Å². The number of nitrogens with zero attached hydrogens (tertiary/aromatic N) is 1. The molecule has 0 aliphatic rings. The van der Waals surface area contributed by atoms with Gasteiger partial charge in [0.15, 0.2) is 0 Å². The molecule has 0 unspecified atom stereocenters. The molecule has 34 heavy (non-hydrogen) atoms. The summed E-state index contributed by atoms with van der Waals surface area (Å²) in [4.78, 5) is 11.0. The number of alkyl halides is 3. The summed E-state index contributed by atoms with van der Waals surface area (Å²) >= 11 is 0. The first kappa shape index (κ1) is 25.1. The first-order valence-electron chi connectivity index (χ1n) is 10.3. The number of carbonyl (C=O) groups is 1. The normalized spacial score (nSPS) is 11.8. The molecule has 0 aliphatic carbocycles. The van der Waals surface area contributed by atoms with E-state index in [2.05, 4.69) is 0 Å². The van der Waals surface area contributed by atoms with Gasteiger partial charge in [0, 0.05) is 6.54 Å². The molecular weight excluding hydrogens is 471 g/mol. The predicted octanol–water partition coefficient (Wildman–Crippen LogP) is 5.59. The van der Waals surface area contributed by atoms with E-state index in [0.717, 1.165) is 22.5 Å². The van der Waals surface area contributed by atoms with Crippen LogP contribution < -0.4 is 9.04 Å². The summed E-state index contributed by atoms with van der Waals surface area (Å²) in [6, 6.07) is 15.9. The number of carboxylic acid groups (broad SMARTS) is 1. The average molecular weight is 494 g/mol. The van der Waals surface area contributed by atoms with Crippen molar-refractivity contribution in [3.05, 3.63) is 89.5 Å². The third-order valence-corrected chi connectivity index (χ3v) is 6.74. The Hall–Kier alpha value is -3.53. The van der Waals surface area contributed by atoms with Crippen molar-refractivity contribution < 1.29 is 36.2 Å². The van der Waals surface area contributed by atoms with Crippen LogP contribution in [-0.2, 0) is 22.8 Å². The molecule has 0 amide bonds. The van der Waals surface area contributed by atoms with E-state index in [4.69, 9.17) is 9.84 Å². The number of anilines is 1. The third-order valence-electron chi connectivity index (χ3n) is 4.91. The summed E-state index contributed by atoms with van der Waals surface area (Å²) in [5.74, 6) is -1.38. The summed E-state index contributed by atoms with van der Waals surface area (Å²) in [6.07, 6.45) is -4.25. The Labute approximate surface area is 195 Å². The molecule has 0 saturated carbocycles. The van der Waals surface area contributed by atoms with Gasteiger partial charge in [0.2, 0.25) is 0 Å². The number of halogens is 3. The van der Waals surface area contributed by atoms with Crippen molar-refractivity contribution in [3.63, 3.8) is 0 Å². The number of ether oxygens (including phenoxy) is 1. The molecule has 0 atom stereocenters. The van der Waals surface area contributed by atoms with Crippen LogP contribution in [0, 0.1) is 0 Å². The van der Waals surface area contributed by atoms with Gasteiger partial charge in [-0.2, -0.15) is 13.2 Å². The first-order chi connectivity index (χ1) is 16.0. The quantitative estimate of drug-likeness (QED) is 0.420. The number of hydrogen-bond donors (Lipinski definition) is 1. The van der Waals surface area contributed by atoms with Gasteiger partial charge in [0.05, 0.1) is 21.7 Å². The van der Waals surface area contributed by atoms with E-state index in [-0.39, 0.29) is 35.0 Å². The van der Waals surface area contributed by atoms with E-state index < -0.39 is 27.7 Å². The monoisotopic (exact) mass is 493 g/mol. The van der Waals surface area contributed by atoms with Gasteiger partial charge in [0.25, 0.3) is 10.0 Å². The number of hydrogen-bond acceptors (Lipinski definition) is 4. The Morgan fingerprint density at radius 2 is 1.65 bits per heavy atom. The Morgan fingerprint density at radius 3 is 2.21 bits per heavy atom. The van der Waals surface area contributed by atoms with E-state index in [9.17, 15) is 26.4 Å². The van der Waals surface area contributed by atoms with Gasteiger partial charge in [-0.1, -0.05) is 37.3 Å². The van der Waals surface area contributed by atoms with Crippen molar-refractivity contribution in [1.82, 2.24) is 0 Å². The second-order valence-electron chi connectivity index (χ2n) is 7.36. The van der Waals surface area contributed by atoms with Gasteiger partial charge in [-0.05, 0) is 54.4 Å².